The maximum Gasteiger partial charge on any atom is 0.308 e. The van der Waals surface area contributed by atoms with Gasteiger partial charge in [-0.2, -0.15) is 0 Å². The van der Waals surface area contributed by atoms with Crippen LogP contribution in [0.5, 0.6) is 11.5 Å². The van der Waals surface area contributed by atoms with Gasteiger partial charge in [-0.05, 0) is 48.4 Å². The molecule has 0 saturated heterocycles. The number of thioether (sulfide) groups is 1. The summed E-state index contributed by atoms with van der Waals surface area (Å²) in [4.78, 5) is 27.6. The molecule has 1 aromatic heterocycles. The Morgan fingerprint density at radius 2 is 1.60 bits per heavy atom. The SMILES string of the molecule is CC(=O)Oc1cc2c(cc1OC(C)=O)C(CSc1nc3ccccc3s1)NCC2.c1ccccc1. The number of hydrogen-bond acceptors (Lipinski definition) is 8. The number of aromatic nitrogens is 1. The van der Waals surface area contributed by atoms with Crippen LogP contribution >= 0.6 is 23.1 Å². The summed E-state index contributed by atoms with van der Waals surface area (Å²) in [7, 11) is 0. The number of ether oxygens (including phenoxy) is 2. The second kappa shape index (κ2) is 12.0. The molecule has 1 atom stereocenters. The molecule has 2 heterocycles. The normalized spacial score (nSPS) is 14.4. The number of esters is 2. The summed E-state index contributed by atoms with van der Waals surface area (Å²) >= 11 is 3.39. The van der Waals surface area contributed by atoms with E-state index < -0.39 is 11.9 Å². The monoisotopic (exact) mass is 506 g/mol. The van der Waals surface area contributed by atoms with E-state index >= 15 is 0 Å². The molecule has 0 aliphatic carbocycles. The van der Waals surface area contributed by atoms with Crippen molar-refractivity contribution in [1.29, 1.82) is 0 Å². The zero-order valence-corrected chi connectivity index (χ0v) is 21.2. The molecule has 180 valence electrons. The highest BCUT2D eigenvalue weighted by Gasteiger charge is 2.24. The van der Waals surface area contributed by atoms with E-state index in [1.165, 1.54) is 18.5 Å². The zero-order chi connectivity index (χ0) is 24.6. The van der Waals surface area contributed by atoms with Crippen molar-refractivity contribution in [3.8, 4) is 11.5 Å². The largest absolute Gasteiger partial charge is 0.423 e. The molecule has 1 aliphatic rings. The van der Waals surface area contributed by atoms with Crippen molar-refractivity contribution in [1.82, 2.24) is 10.3 Å². The van der Waals surface area contributed by atoms with Crippen LogP contribution in [-0.4, -0.2) is 29.2 Å². The summed E-state index contributed by atoms with van der Waals surface area (Å²) in [6.07, 6.45) is 0.812. The number of rotatable bonds is 5. The van der Waals surface area contributed by atoms with Crippen LogP contribution in [0.4, 0.5) is 0 Å². The van der Waals surface area contributed by atoms with Gasteiger partial charge >= 0.3 is 11.9 Å². The molecule has 5 rings (SSSR count). The molecule has 3 aromatic carbocycles. The molecule has 0 fully saturated rings. The molecular formula is C27H26N2O4S2. The van der Waals surface area contributed by atoms with Crippen LogP contribution in [0.25, 0.3) is 10.2 Å². The first-order valence-corrected chi connectivity index (χ1v) is 13.0. The predicted octanol–water partition coefficient (Wildman–Crippen LogP) is 5.81. The smallest absolute Gasteiger partial charge is 0.308 e. The molecule has 35 heavy (non-hydrogen) atoms. The third-order valence-corrected chi connectivity index (χ3v) is 7.46. The highest BCUT2D eigenvalue weighted by atomic mass is 32.2. The number of para-hydroxylation sites is 1. The lowest BCUT2D eigenvalue weighted by Crippen LogP contribution is -2.31. The molecule has 0 amide bonds. The quantitative estimate of drug-likeness (QED) is 0.208. The number of fused-ring (bicyclic) bond motifs is 2. The van der Waals surface area contributed by atoms with Gasteiger partial charge in [-0.1, -0.05) is 60.3 Å². The van der Waals surface area contributed by atoms with Crippen molar-refractivity contribution >= 4 is 45.3 Å². The van der Waals surface area contributed by atoms with E-state index in [-0.39, 0.29) is 17.5 Å². The second-order valence-electron chi connectivity index (χ2n) is 7.85. The van der Waals surface area contributed by atoms with E-state index in [9.17, 15) is 9.59 Å². The van der Waals surface area contributed by atoms with E-state index in [0.717, 1.165) is 39.7 Å². The fourth-order valence-electron chi connectivity index (χ4n) is 3.72. The second-order valence-corrected chi connectivity index (χ2v) is 10.2. The molecule has 0 spiro atoms. The lowest BCUT2D eigenvalue weighted by atomic mass is 9.94. The maximum atomic E-state index is 11.5. The Bertz CT molecular complexity index is 1250. The maximum absolute atomic E-state index is 11.5. The third kappa shape index (κ3) is 6.91. The Kier molecular flexibility index (Phi) is 8.52. The van der Waals surface area contributed by atoms with Crippen LogP contribution in [0.1, 0.15) is 31.0 Å². The molecule has 0 saturated carbocycles. The van der Waals surface area contributed by atoms with Crippen LogP contribution in [-0.2, 0) is 16.0 Å². The molecule has 1 unspecified atom stereocenters. The van der Waals surface area contributed by atoms with Crippen LogP contribution in [0, 0.1) is 0 Å². The highest BCUT2D eigenvalue weighted by Crippen LogP contribution is 2.38. The number of nitrogens with zero attached hydrogens (tertiary/aromatic N) is 1. The van der Waals surface area contributed by atoms with Crippen LogP contribution in [0.2, 0.25) is 0 Å². The topological polar surface area (TPSA) is 77.5 Å². The van der Waals surface area contributed by atoms with E-state index in [1.54, 1.807) is 23.1 Å². The van der Waals surface area contributed by atoms with E-state index in [0.29, 0.717) is 0 Å². The summed E-state index contributed by atoms with van der Waals surface area (Å²) in [5, 5.41) is 3.53. The number of thiazole rings is 1. The van der Waals surface area contributed by atoms with Gasteiger partial charge in [0.15, 0.2) is 15.8 Å². The first kappa shape index (κ1) is 24.9. The summed E-state index contributed by atoms with van der Waals surface area (Å²) in [6, 6.07) is 23.8. The fraction of sp³-hybridized carbons (Fsp3) is 0.222. The average molecular weight is 507 g/mol. The summed E-state index contributed by atoms with van der Waals surface area (Å²) in [5.41, 5.74) is 3.16. The van der Waals surface area contributed by atoms with E-state index in [2.05, 4.69) is 16.4 Å². The molecule has 0 bridgehead atoms. The fourth-order valence-corrected chi connectivity index (χ4v) is 5.90. The van der Waals surface area contributed by atoms with Crippen molar-refractivity contribution in [2.45, 2.75) is 30.6 Å². The minimum Gasteiger partial charge on any atom is -0.423 e. The van der Waals surface area contributed by atoms with Gasteiger partial charge in [-0.15, -0.1) is 11.3 Å². The molecule has 6 nitrogen and oxygen atoms in total. The van der Waals surface area contributed by atoms with E-state index in [4.69, 9.17) is 9.47 Å². The zero-order valence-electron chi connectivity index (χ0n) is 19.5. The van der Waals surface area contributed by atoms with Crippen molar-refractivity contribution < 1.29 is 19.1 Å². The minimum atomic E-state index is -0.456. The van der Waals surface area contributed by atoms with Crippen LogP contribution < -0.4 is 14.8 Å². The molecule has 4 aromatic rings. The van der Waals surface area contributed by atoms with E-state index in [1.807, 2.05) is 66.7 Å². The minimum absolute atomic E-state index is 0.0800. The Labute approximate surface area is 212 Å². The summed E-state index contributed by atoms with van der Waals surface area (Å²) < 4.78 is 12.8. The number of nitrogens with one attached hydrogen (secondary N) is 1. The van der Waals surface area contributed by atoms with Crippen molar-refractivity contribution in [3.63, 3.8) is 0 Å². The van der Waals surface area contributed by atoms with Gasteiger partial charge < -0.3 is 14.8 Å². The Hall–Kier alpha value is -3.20. The number of hydrogen-bond donors (Lipinski definition) is 1. The molecule has 0 radical (unpaired) electrons. The summed E-state index contributed by atoms with van der Waals surface area (Å²) in [5.74, 6) is 0.438. The third-order valence-electron chi connectivity index (χ3n) is 5.19. The predicted molar refractivity (Wildman–Crippen MR) is 140 cm³/mol. The first-order valence-electron chi connectivity index (χ1n) is 11.2. The van der Waals surface area contributed by atoms with Gasteiger partial charge in [0.2, 0.25) is 0 Å². The first-order chi connectivity index (χ1) is 17.0. The van der Waals surface area contributed by atoms with Crippen LogP contribution in [0.15, 0.2) is 77.1 Å². The Morgan fingerprint density at radius 3 is 2.23 bits per heavy atom. The van der Waals surface area contributed by atoms with Gasteiger partial charge in [-0.25, -0.2) is 4.98 Å². The average Bonchev–Trinajstić information content (AvgIpc) is 3.27. The van der Waals surface area contributed by atoms with Crippen molar-refractivity contribution in [2.75, 3.05) is 12.3 Å². The lowest BCUT2D eigenvalue weighted by Gasteiger charge is -2.27. The highest BCUT2D eigenvalue weighted by molar-refractivity contribution is 8.01. The molecule has 8 heteroatoms. The Morgan fingerprint density at radius 1 is 0.971 bits per heavy atom. The lowest BCUT2D eigenvalue weighted by molar-refractivity contribution is -0.134. The van der Waals surface area contributed by atoms with Gasteiger partial charge in [0.1, 0.15) is 0 Å². The standard InChI is InChI=1S/C21H20N2O4S2.C6H6/c1-12(24)26-18-9-14-7-8-22-17(15(14)10-19(18)27-13(2)25)11-28-21-23-16-5-3-4-6-20(16)29-21;1-2-4-6-5-3-1/h3-6,9-10,17,22H,7-8,11H2,1-2H3;1-6H. The van der Waals surface area contributed by atoms with Crippen molar-refractivity contribution in [3.05, 3.63) is 83.9 Å². The molecule has 1 aliphatic heterocycles. The number of benzene rings is 3. The summed E-state index contributed by atoms with van der Waals surface area (Å²) in [6.45, 7) is 3.48. The molecule has 1 N–H and O–H groups in total. The number of carbonyl (C=O) groups is 2. The van der Waals surface area contributed by atoms with Crippen molar-refractivity contribution in [2.24, 2.45) is 0 Å². The van der Waals surface area contributed by atoms with Gasteiger partial charge in [-0.3, -0.25) is 9.59 Å². The number of carbonyl (C=O) groups excluding carboxylic acids is 2. The van der Waals surface area contributed by atoms with Gasteiger partial charge in [0.25, 0.3) is 0 Å². The van der Waals surface area contributed by atoms with Gasteiger partial charge in [0.05, 0.1) is 10.2 Å². The Balaban J connectivity index is 0.000000421. The van der Waals surface area contributed by atoms with Gasteiger partial charge in [0, 0.05) is 25.6 Å². The van der Waals surface area contributed by atoms with Crippen LogP contribution in [0.3, 0.4) is 0 Å². The molecular weight excluding hydrogens is 480 g/mol.